The van der Waals surface area contributed by atoms with E-state index in [4.69, 9.17) is 0 Å². The number of hydroxylamine groups is 1. The minimum Gasteiger partial charge on any atom is -0.624 e. The molecule has 1 aromatic rings. The van der Waals surface area contributed by atoms with Crippen LogP contribution in [0, 0.1) is 11.1 Å². The van der Waals surface area contributed by atoms with Crippen molar-refractivity contribution in [1.82, 2.24) is 4.98 Å². The number of rotatable bonds is 3. The van der Waals surface area contributed by atoms with Gasteiger partial charge in [-0.05, 0) is 25.0 Å². The van der Waals surface area contributed by atoms with Crippen LogP contribution in [0.15, 0.2) is 24.5 Å². The molecule has 86 valence electrons. The quantitative estimate of drug-likeness (QED) is 0.338. The summed E-state index contributed by atoms with van der Waals surface area (Å²) in [6, 6.07) is 3.71. The van der Waals surface area contributed by atoms with Gasteiger partial charge in [-0.1, -0.05) is 19.3 Å². The van der Waals surface area contributed by atoms with Gasteiger partial charge in [0, 0.05) is 23.9 Å². The fourth-order valence-electron chi connectivity index (χ4n) is 2.29. The lowest BCUT2D eigenvalue weighted by Gasteiger charge is -2.20. The largest absolute Gasteiger partial charge is 0.624 e. The molecule has 0 aliphatic heterocycles. The molecule has 0 atom stereocenters. The van der Waals surface area contributed by atoms with Crippen molar-refractivity contribution >= 4 is 6.21 Å². The maximum atomic E-state index is 11.7. The zero-order chi connectivity index (χ0) is 11.2. The second-order valence-corrected chi connectivity index (χ2v) is 4.51. The predicted octanol–water partition coefficient (Wildman–Crippen LogP) is 2.59. The van der Waals surface area contributed by atoms with Crippen LogP contribution in [0.4, 0.5) is 0 Å². The topological polar surface area (TPSA) is 39.0 Å². The Bertz CT molecular complexity index is 342. The van der Waals surface area contributed by atoms with Crippen molar-refractivity contribution in [2.75, 3.05) is 6.54 Å². The van der Waals surface area contributed by atoms with Gasteiger partial charge in [-0.25, -0.2) is 4.74 Å². The zero-order valence-electron chi connectivity index (χ0n) is 9.51. The SMILES string of the molecule is [O-][N+](=Cc1ccncc1)CC1CCCCC1. The van der Waals surface area contributed by atoms with Gasteiger partial charge < -0.3 is 5.21 Å². The third-order valence-electron chi connectivity index (χ3n) is 3.16. The van der Waals surface area contributed by atoms with E-state index in [9.17, 15) is 5.21 Å². The Labute approximate surface area is 96.4 Å². The molecule has 0 unspecified atom stereocenters. The standard InChI is InChI=1S/C13H18N2O/c16-15(10-12-4-2-1-3-5-12)11-13-6-8-14-9-7-13/h6-9,11-12H,1-5,10H2. The monoisotopic (exact) mass is 218 g/mol. The lowest BCUT2D eigenvalue weighted by Crippen LogP contribution is -2.19. The summed E-state index contributed by atoms with van der Waals surface area (Å²) in [4.78, 5) is 3.93. The third kappa shape index (κ3) is 3.33. The Morgan fingerprint density at radius 1 is 1.25 bits per heavy atom. The van der Waals surface area contributed by atoms with Crippen LogP contribution in [-0.2, 0) is 0 Å². The van der Waals surface area contributed by atoms with Crippen LogP contribution < -0.4 is 0 Å². The van der Waals surface area contributed by atoms with E-state index in [-0.39, 0.29) is 0 Å². The van der Waals surface area contributed by atoms with E-state index in [1.165, 1.54) is 32.1 Å². The molecule has 3 heteroatoms. The zero-order valence-corrected chi connectivity index (χ0v) is 9.51. The molecule has 0 radical (unpaired) electrons. The highest BCUT2D eigenvalue weighted by atomic mass is 16.5. The number of hydrogen-bond donors (Lipinski definition) is 0. The Hall–Kier alpha value is -1.38. The van der Waals surface area contributed by atoms with Crippen molar-refractivity contribution in [2.45, 2.75) is 32.1 Å². The molecule has 1 aliphatic carbocycles. The Balaban J connectivity index is 1.91. The van der Waals surface area contributed by atoms with Crippen LogP contribution in [0.2, 0.25) is 0 Å². The van der Waals surface area contributed by atoms with E-state index >= 15 is 0 Å². The van der Waals surface area contributed by atoms with E-state index in [0.717, 1.165) is 10.3 Å². The van der Waals surface area contributed by atoms with Gasteiger partial charge in [0.05, 0.1) is 0 Å². The summed E-state index contributed by atoms with van der Waals surface area (Å²) in [6.45, 7) is 0.641. The van der Waals surface area contributed by atoms with Crippen LogP contribution in [0.3, 0.4) is 0 Å². The molecule has 0 aromatic carbocycles. The second-order valence-electron chi connectivity index (χ2n) is 4.51. The molecular formula is C13H18N2O. The molecule has 1 aromatic heterocycles. The summed E-state index contributed by atoms with van der Waals surface area (Å²) >= 11 is 0. The van der Waals surface area contributed by atoms with Crippen molar-refractivity contribution in [1.29, 1.82) is 0 Å². The van der Waals surface area contributed by atoms with Crippen molar-refractivity contribution < 1.29 is 4.74 Å². The number of aromatic nitrogens is 1. The van der Waals surface area contributed by atoms with Gasteiger partial charge in [-0.2, -0.15) is 0 Å². The van der Waals surface area contributed by atoms with Crippen molar-refractivity contribution in [3.63, 3.8) is 0 Å². The molecule has 1 fully saturated rings. The molecule has 3 nitrogen and oxygen atoms in total. The normalized spacial score (nSPS) is 18.6. The van der Waals surface area contributed by atoms with E-state index in [0.29, 0.717) is 12.5 Å². The molecule has 0 spiro atoms. The molecule has 1 saturated carbocycles. The van der Waals surface area contributed by atoms with Crippen molar-refractivity contribution in [2.24, 2.45) is 5.92 Å². The molecule has 2 rings (SSSR count). The van der Waals surface area contributed by atoms with E-state index in [1.807, 2.05) is 12.1 Å². The number of pyridine rings is 1. The molecular weight excluding hydrogens is 200 g/mol. The van der Waals surface area contributed by atoms with Crippen LogP contribution in [0.25, 0.3) is 0 Å². The Kier molecular flexibility index (Phi) is 3.91. The van der Waals surface area contributed by atoms with E-state index in [2.05, 4.69) is 4.98 Å². The maximum absolute atomic E-state index is 11.7. The lowest BCUT2D eigenvalue weighted by atomic mass is 9.89. The molecule has 0 amide bonds. The van der Waals surface area contributed by atoms with Gasteiger partial charge >= 0.3 is 0 Å². The minimum atomic E-state index is 0.587. The smallest absolute Gasteiger partial charge is 0.181 e. The highest BCUT2D eigenvalue weighted by molar-refractivity contribution is 5.75. The summed E-state index contributed by atoms with van der Waals surface area (Å²) < 4.78 is 1.07. The fourth-order valence-corrected chi connectivity index (χ4v) is 2.29. The Morgan fingerprint density at radius 2 is 1.94 bits per heavy atom. The summed E-state index contributed by atoms with van der Waals surface area (Å²) in [5.74, 6) is 0.587. The van der Waals surface area contributed by atoms with Crippen LogP contribution in [-0.4, -0.2) is 22.5 Å². The highest BCUT2D eigenvalue weighted by Gasteiger charge is 2.16. The van der Waals surface area contributed by atoms with Crippen LogP contribution in [0.1, 0.15) is 37.7 Å². The fraction of sp³-hybridized carbons (Fsp3) is 0.538. The van der Waals surface area contributed by atoms with Crippen molar-refractivity contribution in [3.05, 3.63) is 35.3 Å². The predicted molar refractivity (Wildman–Crippen MR) is 64.5 cm³/mol. The molecule has 0 N–H and O–H groups in total. The molecule has 0 saturated heterocycles. The summed E-state index contributed by atoms with van der Waals surface area (Å²) in [5.41, 5.74) is 0.931. The average Bonchev–Trinajstić information content (AvgIpc) is 2.31. The first-order valence-corrected chi connectivity index (χ1v) is 6.03. The first-order valence-electron chi connectivity index (χ1n) is 6.03. The Morgan fingerprint density at radius 3 is 2.62 bits per heavy atom. The maximum Gasteiger partial charge on any atom is 0.181 e. The number of hydrogen-bond acceptors (Lipinski definition) is 2. The van der Waals surface area contributed by atoms with Gasteiger partial charge in [0.25, 0.3) is 0 Å². The van der Waals surface area contributed by atoms with Gasteiger partial charge in [-0.3, -0.25) is 4.98 Å². The first-order chi connectivity index (χ1) is 7.84. The molecule has 16 heavy (non-hydrogen) atoms. The average molecular weight is 218 g/mol. The lowest BCUT2D eigenvalue weighted by molar-refractivity contribution is -0.462. The van der Waals surface area contributed by atoms with E-state index in [1.54, 1.807) is 18.6 Å². The van der Waals surface area contributed by atoms with E-state index < -0.39 is 0 Å². The second kappa shape index (κ2) is 5.64. The summed E-state index contributed by atoms with van der Waals surface area (Å²) in [6.07, 6.45) is 11.4. The molecule has 0 bridgehead atoms. The highest BCUT2D eigenvalue weighted by Crippen LogP contribution is 2.23. The summed E-state index contributed by atoms with van der Waals surface area (Å²) in [5, 5.41) is 11.7. The summed E-state index contributed by atoms with van der Waals surface area (Å²) in [7, 11) is 0. The first kappa shape index (κ1) is 11.1. The van der Waals surface area contributed by atoms with Gasteiger partial charge in [-0.15, -0.1) is 0 Å². The van der Waals surface area contributed by atoms with Gasteiger partial charge in [0.15, 0.2) is 12.8 Å². The van der Waals surface area contributed by atoms with Gasteiger partial charge in [0.2, 0.25) is 0 Å². The minimum absolute atomic E-state index is 0.587. The molecule has 1 heterocycles. The van der Waals surface area contributed by atoms with Crippen LogP contribution >= 0.6 is 0 Å². The van der Waals surface area contributed by atoms with Gasteiger partial charge in [0.1, 0.15) is 0 Å². The third-order valence-corrected chi connectivity index (χ3v) is 3.16. The molecule has 1 aliphatic rings. The van der Waals surface area contributed by atoms with Crippen molar-refractivity contribution in [3.8, 4) is 0 Å². The van der Waals surface area contributed by atoms with Crippen LogP contribution in [0.5, 0.6) is 0 Å². The number of nitrogens with zero attached hydrogens (tertiary/aromatic N) is 2.